The molecule has 0 aromatic heterocycles. The molecule has 138 valence electrons. The van der Waals surface area contributed by atoms with E-state index in [0.29, 0.717) is 13.1 Å². The summed E-state index contributed by atoms with van der Waals surface area (Å²) in [7, 11) is -3.37. The molecule has 0 amide bonds. The summed E-state index contributed by atoms with van der Waals surface area (Å²) >= 11 is 0. The van der Waals surface area contributed by atoms with E-state index >= 15 is 0 Å². The highest BCUT2D eigenvalue weighted by molar-refractivity contribution is 7.88. The molecule has 1 unspecified atom stereocenters. The van der Waals surface area contributed by atoms with E-state index in [4.69, 9.17) is 5.11 Å². The molecule has 6 heteroatoms. The van der Waals surface area contributed by atoms with Gasteiger partial charge in [0.05, 0.1) is 12.2 Å². The summed E-state index contributed by atoms with van der Waals surface area (Å²) in [5, 5.41) is 8.97. The Morgan fingerprint density at radius 1 is 1.08 bits per heavy atom. The van der Waals surface area contributed by atoms with Crippen LogP contribution in [0.4, 0.5) is 0 Å². The summed E-state index contributed by atoms with van der Waals surface area (Å²) in [6.45, 7) is 0.992. The first-order valence-corrected chi connectivity index (χ1v) is 10.4. The molecule has 5 nitrogen and oxygen atoms in total. The van der Waals surface area contributed by atoms with Gasteiger partial charge in [-0.15, -0.1) is 0 Å². The van der Waals surface area contributed by atoms with Crippen LogP contribution in [0.2, 0.25) is 0 Å². The van der Waals surface area contributed by atoms with Crippen molar-refractivity contribution in [2.75, 3.05) is 13.1 Å². The molecule has 1 N–H and O–H groups in total. The molecule has 1 saturated heterocycles. The zero-order valence-electron chi connectivity index (χ0n) is 14.5. The normalized spacial score (nSPS) is 18.5. The molecular weight excluding hydrogens is 350 g/mol. The molecule has 1 fully saturated rings. The summed E-state index contributed by atoms with van der Waals surface area (Å²) in [5.41, 5.74) is 2.56. The minimum atomic E-state index is -3.37. The third kappa shape index (κ3) is 4.71. The quantitative estimate of drug-likeness (QED) is 0.845. The Bertz CT molecular complexity index is 864. The van der Waals surface area contributed by atoms with Crippen LogP contribution in [0.1, 0.15) is 35.4 Å². The first-order chi connectivity index (χ1) is 12.4. The van der Waals surface area contributed by atoms with Gasteiger partial charge in [0.15, 0.2) is 0 Å². The van der Waals surface area contributed by atoms with Crippen molar-refractivity contribution in [3.8, 4) is 0 Å². The lowest BCUT2D eigenvalue weighted by Crippen LogP contribution is -2.39. The molecule has 1 atom stereocenters. The van der Waals surface area contributed by atoms with Crippen LogP contribution in [0.5, 0.6) is 0 Å². The van der Waals surface area contributed by atoms with Crippen molar-refractivity contribution < 1.29 is 18.3 Å². The lowest BCUT2D eigenvalue weighted by Gasteiger charge is -2.32. The number of hydrogen-bond acceptors (Lipinski definition) is 3. The van der Waals surface area contributed by atoms with Gasteiger partial charge in [-0.3, -0.25) is 4.79 Å². The van der Waals surface area contributed by atoms with Gasteiger partial charge in [-0.25, -0.2) is 12.7 Å². The number of benzene rings is 2. The fraction of sp³-hybridized carbons (Fsp3) is 0.350. The Morgan fingerprint density at radius 2 is 1.81 bits per heavy atom. The van der Waals surface area contributed by atoms with Gasteiger partial charge in [0, 0.05) is 13.1 Å². The van der Waals surface area contributed by atoms with Crippen LogP contribution in [-0.4, -0.2) is 36.9 Å². The van der Waals surface area contributed by atoms with Gasteiger partial charge >= 0.3 is 5.97 Å². The second-order valence-corrected chi connectivity index (χ2v) is 8.72. The van der Waals surface area contributed by atoms with Gasteiger partial charge in [-0.2, -0.15) is 0 Å². The fourth-order valence-electron chi connectivity index (χ4n) is 3.47. The molecule has 0 aliphatic carbocycles. The van der Waals surface area contributed by atoms with Crippen molar-refractivity contribution in [2.24, 2.45) is 0 Å². The van der Waals surface area contributed by atoms with Gasteiger partial charge in [-0.05, 0) is 35.4 Å². The molecule has 1 aliphatic heterocycles. The van der Waals surface area contributed by atoms with Gasteiger partial charge in [0.25, 0.3) is 0 Å². The third-order valence-electron chi connectivity index (χ3n) is 4.75. The Balaban J connectivity index is 1.74. The molecule has 0 radical (unpaired) electrons. The molecule has 2 aromatic carbocycles. The number of nitrogens with zero attached hydrogens (tertiary/aromatic N) is 1. The minimum Gasteiger partial charge on any atom is -0.481 e. The summed E-state index contributed by atoms with van der Waals surface area (Å²) < 4.78 is 27.2. The lowest BCUT2D eigenvalue weighted by molar-refractivity contribution is -0.136. The summed E-state index contributed by atoms with van der Waals surface area (Å²) in [6.07, 6.45) is 1.70. The molecule has 0 spiro atoms. The maximum Gasteiger partial charge on any atom is 0.307 e. The Morgan fingerprint density at radius 3 is 2.54 bits per heavy atom. The number of piperidine rings is 1. The molecule has 1 heterocycles. The highest BCUT2D eigenvalue weighted by Crippen LogP contribution is 2.29. The Kier molecular flexibility index (Phi) is 5.74. The molecule has 1 aliphatic rings. The van der Waals surface area contributed by atoms with E-state index in [1.807, 2.05) is 48.5 Å². The van der Waals surface area contributed by atoms with Crippen LogP contribution in [-0.2, 0) is 27.0 Å². The predicted molar refractivity (Wildman–Crippen MR) is 100 cm³/mol. The Labute approximate surface area is 154 Å². The van der Waals surface area contributed by atoms with E-state index in [2.05, 4.69) is 0 Å². The average Bonchev–Trinajstić information content (AvgIpc) is 2.62. The number of aliphatic carboxylic acids is 1. The van der Waals surface area contributed by atoms with Crippen molar-refractivity contribution in [3.05, 3.63) is 71.3 Å². The van der Waals surface area contributed by atoms with Crippen molar-refractivity contribution in [2.45, 2.75) is 30.9 Å². The monoisotopic (exact) mass is 373 g/mol. The van der Waals surface area contributed by atoms with Crippen molar-refractivity contribution in [3.63, 3.8) is 0 Å². The van der Waals surface area contributed by atoms with Crippen LogP contribution in [0.25, 0.3) is 0 Å². The second-order valence-electron chi connectivity index (χ2n) is 6.75. The fourth-order valence-corrected chi connectivity index (χ4v) is 5.09. The zero-order chi connectivity index (χ0) is 18.6. The maximum absolute atomic E-state index is 12.8. The van der Waals surface area contributed by atoms with Crippen LogP contribution in [0.15, 0.2) is 54.6 Å². The Hall–Kier alpha value is -2.18. The van der Waals surface area contributed by atoms with Crippen molar-refractivity contribution >= 4 is 16.0 Å². The second kappa shape index (κ2) is 8.01. The predicted octanol–water partition coefficient (Wildman–Crippen LogP) is 3.02. The number of carboxylic acid groups (broad SMARTS) is 1. The van der Waals surface area contributed by atoms with Gasteiger partial charge in [-0.1, -0.05) is 54.6 Å². The van der Waals surface area contributed by atoms with E-state index in [0.717, 1.165) is 29.5 Å². The molecule has 26 heavy (non-hydrogen) atoms. The summed E-state index contributed by atoms with van der Waals surface area (Å²) in [5.74, 6) is -0.750. The smallest absolute Gasteiger partial charge is 0.307 e. The number of carboxylic acids is 1. The summed E-state index contributed by atoms with van der Waals surface area (Å²) in [6, 6.07) is 16.7. The number of sulfonamides is 1. The van der Waals surface area contributed by atoms with Crippen molar-refractivity contribution in [1.82, 2.24) is 4.31 Å². The zero-order valence-corrected chi connectivity index (χ0v) is 15.4. The summed E-state index contributed by atoms with van der Waals surface area (Å²) in [4.78, 5) is 10.9. The molecule has 0 bridgehead atoms. The van der Waals surface area contributed by atoms with Crippen LogP contribution in [0, 0.1) is 0 Å². The van der Waals surface area contributed by atoms with Crippen molar-refractivity contribution in [1.29, 1.82) is 0 Å². The van der Waals surface area contributed by atoms with Crippen LogP contribution in [0.3, 0.4) is 0 Å². The van der Waals surface area contributed by atoms with Gasteiger partial charge in [0.2, 0.25) is 10.0 Å². The first-order valence-electron chi connectivity index (χ1n) is 8.76. The molecule has 3 rings (SSSR count). The maximum atomic E-state index is 12.8. The largest absolute Gasteiger partial charge is 0.481 e. The van der Waals surface area contributed by atoms with E-state index < -0.39 is 16.0 Å². The molecule has 0 saturated carbocycles. The lowest BCUT2D eigenvalue weighted by atomic mass is 9.90. The topological polar surface area (TPSA) is 74.7 Å². The first kappa shape index (κ1) is 18.6. The number of rotatable bonds is 6. The van der Waals surface area contributed by atoms with E-state index in [9.17, 15) is 13.2 Å². The van der Waals surface area contributed by atoms with E-state index in [-0.39, 0.29) is 18.1 Å². The number of carbonyl (C=O) groups is 1. The highest BCUT2D eigenvalue weighted by atomic mass is 32.2. The molecule has 2 aromatic rings. The third-order valence-corrected chi connectivity index (χ3v) is 6.56. The average molecular weight is 373 g/mol. The minimum absolute atomic E-state index is 0.0135. The van der Waals surface area contributed by atoms with E-state index in [1.54, 1.807) is 10.4 Å². The SMILES string of the molecule is O=C(O)Cc1cccc(C2CCCN(S(=O)(=O)Cc3ccccc3)C2)c1. The number of hydrogen-bond donors (Lipinski definition) is 1. The van der Waals surface area contributed by atoms with E-state index in [1.165, 1.54) is 0 Å². The van der Waals surface area contributed by atoms with Crippen LogP contribution >= 0.6 is 0 Å². The molecular formula is C20H23NO4S. The van der Waals surface area contributed by atoms with Gasteiger partial charge in [0.1, 0.15) is 0 Å². The van der Waals surface area contributed by atoms with Gasteiger partial charge < -0.3 is 5.11 Å². The van der Waals surface area contributed by atoms with Crippen LogP contribution < -0.4 is 0 Å². The highest BCUT2D eigenvalue weighted by Gasteiger charge is 2.29. The standard InChI is InChI=1S/C20H23NO4S/c22-20(23)13-17-8-4-9-18(12-17)19-10-5-11-21(14-19)26(24,25)15-16-6-2-1-3-7-16/h1-4,6-9,12,19H,5,10-11,13-15H2,(H,22,23).